The largest absolute Gasteiger partial charge is 0.289 e. The molecule has 0 aliphatic heterocycles. The van der Waals surface area contributed by atoms with Crippen molar-refractivity contribution in [3.63, 3.8) is 0 Å². The minimum absolute atomic E-state index is 0.0343. The summed E-state index contributed by atoms with van der Waals surface area (Å²) >= 11 is 0. The standard InChI is InChI=1S/C21H26O.2C20H24O.C19H22O.C18H20O.C13H10O/c1-5-6-13-17-18(14-10-15-19(17)21(2,3)4)20(22)16-11-8-7-9-12-16;1-14(2)18-16(12-9-13-17(18)20(3,4)5)19(21)15-10-7-6-8-11-15;1-5-10-16-17(13-9-14-18(16)20(2,3)4)19(21)15-11-7-6-8-12-15;1-5-15-16(12-9-13-17(15)19(2,3)4)18(20)14-10-7-6-8-11-14;1-13-15(11-8-12-16(13)18(2,3)4)17(19)14-9-6-5-7-10-14;14-13(11-7-3-1-4-8-11)12-9-5-2-6-10-12/h7-12,14-15H,5-6,13H2,1-4H3;6-14H,1-5H3;6-9,11-14H,5,10H2,1-4H3;6-13H,5H2,1-4H3;5-12H,1-4H3;1-10H. The second-order valence-electron chi connectivity index (χ2n) is 35.4. The van der Waals surface area contributed by atoms with Crippen LogP contribution >= 0.6 is 0 Å². The minimum atomic E-state index is 0.0343. The SMILES string of the molecule is CC(C)c1c(C(=O)c2ccccc2)cccc1C(C)(C)C.CCCCc1c(C(=O)c2ccccc2)cccc1C(C)(C)C.CCCc1c(C(=O)c2ccccc2)cccc1C(C)(C)C.CCc1c(C(=O)c2ccccc2)cccc1C(C)(C)C.Cc1c(C(=O)c2ccccc2)cccc1C(C)(C)C.O=C(c1ccccc1)c1ccccc1. The van der Waals surface area contributed by atoms with E-state index >= 15 is 0 Å². The number of unbranched alkanes of at least 4 members (excludes halogenated alkanes) is 1. The van der Waals surface area contributed by atoms with Crippen LogP contribution in [0.3, 0.4) is 0 Å². The van der Waals surface area contributed by atoms with Crippen molar-refractivity contribution in [2.24, 2.45) is 0 Å². The van der Waals surface area contributed by atoms with Crippen LogP contribution in [-0.2, 0) is 46.3 Å². The zero-order chi connectivity index (χ0) is 85.8. The maximum absolute atomic E-state index is 12.9. The Kier molecular flexibility index (Phi) is 34.1. The van der Waals surface area contributed by atoms with Crippen LogP contribution in [0.1, 0.15) is 315 Å². The summed E-state index contributed by atoms with van der Waals surface area (Å²) in [5.41, 5.74) is 21.9. The van der Waals surface area contributed by atoms with Crippen molar-refractivity contribution in [3.05, 3.63) is 426 Å². The first-order valence-electron chi connectivity index (χ1n) is 41.7. The molecule has 6 nitrogen and oxygen atoms in total. The van der Waals surface area contributed by atoms with Gasteiger partial charge in [0.05, 0.1) is 0 Å². The summed E-state index contributed by atoms with van der Waals surface area (Å²) < 4.78 is 0. The average molecular weight is 1560 g/mol. The molecule has 0 radical (unpaired) electrons. The van der Waals surface area contributed by atoms with E-state index in [0.29, 0.717) is 5.92 Å². The maximum Gasteiger partial charge on any atom is 0.193 e. The van der Waals surface area contributed by atoms with E-state index in [1.54, 1.807) is 0 Å². The fourth-order valence-electron chi connectivity index (χ4n) is 14.8. The lowest BCUT2D eigenvalue weighted by molar-refractivity contribution is 0.102. The van der Waals surface area contributed by atoms with Crippen LogP contribution in [0.15, 0.2) is 303 Å². The first-order valence-corrected chi connectivity index (χ1v) is 41.7. The Labute approximate surface area is 701 Å². The summed E-state index contributed by atoms with van der Waals surface area (Å²) in [6.07, 6.45) is 6.09. The Balaban J connectivity index is 0.000000195. The van der Waals surface area contributed by atoms with Gasteiger partial charge in [-0.25, -0.2) is 0 Å². The molecular weight excluding hydrogens is 1430 g/mol. The van der Waals surface area contributed by atoms with Crippen LogP contribution in [0.25, 0.3) is 0 Å². The van der Waals surface area contributed by atoms with Crippen LogP contribution in [0.4, 0.5) is 0 Å². The molecule has 0 fully saturated rings. The fraction of sp³-hybridized carbons (Fsp3) is 0.297. The Morgan fingerprint density at radius 3 is 0.744 bits per heavy atom. The van der Waals surface area contributed by atoms with Gasteiger partial charge in [-0.05, 0) is 121 Å². The zero-order valence-corrected chi connectivity index (χ0v) is 73.6. The molecule has 0 bridgehead atoms. The van der Waals surface area contributed by atoms with Gasteiger partial charge < -0.3 is 0 Å². The Bertz CT molecular complexity index is 5150. The number of benzene rings is 12. The molecule has 0 aliphatic rings. The van der Waals surface area contributed by atoms with E-state index < -0.39 is 0 Å². The van der Waals surface area contributed by atoms with Gasteiger partial charge in [-0.1, -0.05) is 455 Å². The lowest BCUT2D eigenvalue weighted by atomic mass is 9.77. The first-order chi connectivity index (χ1) is 55.5. The van der Waals surface area contributed by atoms with Gasteiger partial charge in [-0.3, -0.25) is 28.8 Å². The van der Waals surface area contributed by atoms with Gasteiger partial charge in [-0.15, -0.1) is 0 Å². The van der Waals surface area contributed by atoms with Crippen molar-refractivity contribution >= 4 is 34.7 Å². The molecule has 12 aromatic rings. The predicted molar refractivity (Wildman–Crippen MR) is 492 cm³/mol. The first kappa shape index (κ1) is 92.8. The highest BCUT2D eigenvalue weighted by molar-refractivity contribution is 6.13. The molecule has 0 N–H and O–H groups in total. The molecule has 0 atom stereocenters. The van der Waals surface area contributed by atoms with Crippen LogP contribution < -0.4 is 0 Å². The molecule has 606 valence electrons. The second-order valence-corrected chi connectivity index (χ2v) is 35.4. The van der Waals surface area contributed by atoms with Crippen molar-refractivity contribution in [1.82, 2.24) is 0 Å². The van der Waals surface area contributed by atoms with Crippen molar-refractivity contribution in [1.29, 1.82) is 0 Å². The average Bonchev–Trinajstić information content (AvgIpc) is 0.705. The normalized spacial score (nSPS) is 11.3. The lowest BCUT2D eigenvalue weighted by Gasteiger charge is -2.26. The molecule has 0 heterocycles. The topological polar surface area (TPSA) is 102 Å². The summed E-state index contributed by atoms with van der Waals surface area (Å²) in [4.78, 5) is 75.7. The second kappa shape index (κ2) is 43.0. The van der Waals surface area contributed by atoms with Gasteiger partial charge in [0.2, 0.25) is 0 Å². The molecule has 12 rings (SSSR count). The van der Waals surface area contributed by atoms with Crippen LogP contribution in [0.5, 0.6) is 0 Å². The van der Waals surface area contributed by atoms with Gasteiger partial charge in [0.15, 0.2) is 34.7 Å². The van der Waals surface area contributed by atoms with Gasteiger partial charge in [-0.2, -0.15) is 0 Å². The quantitative estimate of drug-likeness (QED) is 0.0748. The lowest BCUT2D eigenvalue weighted by Crippen LogP contribution is -2.18. The zero-order valence-electron chi connectivity index (χ0n) is 73.6. The van der Waals surface area contributed by atoms with Gasteiger partial charge in [0.25, 0.3) is 0 Å². The number of carbonyl (C=O) groups is 6. The molecule has 6 heteroatoms. The summed E-state index contributed by atoms with van der Waals surface area (Å²) in [6, 6.07) is 96.8. The number of hydrogen-bond donors (Lipinski definition) is 0. The molecule has 0 aromatic heterocycles. The number of rotatable bonds is 19. The smallest absolute Gasteiger partial charge is 0.193 e. The van der Waals surface area contributed by atoms with Crippen LogP contribution in [0, 0.1) is 6.92 Å². The molecule has 0 saturated carbocycles. The highest BCUT2D eigenvalue weighted by atomic mass is 16.1. The highest BCUT2D eigenvalue weighted by Crippen LogP contribution is 2.37. The summed E-state index contributed by atoms with van der Waals surface area (Å²) in [5, 5.41) is 0. The van der Waals surface area contributed by atoms with E-state index in [1.165, 1.54) is 50.1 Å². The van der Waals surface area contributed by atoms with E-state index in [2.05, 4.69) is 169 Å². The van der Waals surface area contributed by atoms with Crippen LogP contribution in [0.2, 0.25) is 0 Å². The number of ketones is 6. The minimum Gasteiger partial charge on any atom is -0.289 e. The highest BCUT2D eigenvalue weighted by Gasteiger charge is 2.29. The molecular formula is C111H126O6. The third kappa shape index (κ3) is 26.1. The summed E-state index contributed by atoms with van der Waals surface area (Å²) in [6.45, 7) is 45.8. The van der Waals surface area contributed by atoms with Crippen molar-refractivity contribution < 1.29 is 28.8 Å². The molecule has 0 aliphatic carbocycles. The van der Waals surface area contributed by atoms with Crippen molar-refractivity contribution in [3.8, 4) is 0 Å². The molecule has 0 unspecified atom stereocenters. The molecule has 117 heavy (non-hydrogen) atoms. The van der Waals surface area contributed by atoms with Crippen molar-refractivity contribution in [2.45, 2.75) is 217 Å². The maximum atomic E-state index is 12.9. The summed E-state index contributed by atoms with van der Waals surface area (Å²) in [5.74, 6) is 1.00. The van der Waals surface area contributed by atoms with Gasteiger partial charge in [0, 0.05) is 66.8 Å². The fourth-order valence-corrected chi connectivity index (χ4v) is 14.8. The van der Waals surface area contributed by atoms with E-state index in [4.69, 9.17) is 0 Å². The monoisotopic (exact) mass is 1550 g/mol. The molecule has 0 spiro atoms. The molecule has 0 saturated heterocycles. The van der Waals surface area contributed by atoms with E-state index in [9.17, 15) is 28.8 Å². The molecule has 12 aromatic carbocycles. The third-order valence-corrected chi connectivity index (χ3v) is 20.7. The summed E-state index contributed by atoms with van der Waals surface area (Å²) in [7, 11) is 0. The van der Waals surface area contributed by atoms with Crippen molar-refractivity contribution in [2.75, 3.05) is 0 Å². The number of hydrogen-bond acceptors (Lipinski definition) is 6. The third-order valence-electron chi connectivity index (χ3n) is 20.7. The number of carbonyl (C=O) groups excluding carboxylic acids is 6. The van der Waals surface area contributed by atoms with Gasteiger partial charge >= 0.3 is 0 Å². The Morgan fingerprint density at radius 2 is 0.470 bits per heavy atom. The van der Waals surface area contributed by atoms with E-state index in [-0.39, 0.29) is 61.8 Å². The van der Waals surface area contributed by atoms with Crippen LogP contribution in [-0.4, -0.2) is 34.7 Å². The van der Waals surface area contributed by atoms with Gasteiger partial charge in [0.1, 0.15) is 0 Å². The van der Waals surface area contributed by atoms with E-state index in [0.717, 1.165) is 111 Å². The Morgan fingerprint density at radius 1 is 0.239 bits per heavy atom. The Hall–Kier alpha value is -11.3. The van der Waals surface area contributed by atoms with E-state index in [1.807, 2.05) is 280 Å². The molecule has 0 amide bonds. The predicted octanol–water partition coefficient (Wildman–Crippen LogP) is 28.3.